The molecule has 4 aromatic rings. The van der Waals surface area contributed by atoms with Crippen LogP contribution in [0, 0.1) is 18.4 Å². The normalized spacial score (nSPS) is 20.7. The third-order valence-corrected chi connectivity index (χ3v) is 9.53. The topological polar surface area (TPSA) is 261 Å². The Morgan fingerprint density at radius 2 is 2.02 bits per heavy atom. The van der Waals surface area contributed by atoms with Gasteiger partial charge in [-0.25, -0.2) is 31.1 Å². The largest absolute Gasteiger partial charge is 0.695 e. The second kappa shape index (κ2) is 16.3. The minimum absolute atomic E-state index is 0.00804. The molecule has 4 N–H and O–H groups in total. The fourth-order valence-electron chi connectivity index (χ4n) is 5.11. The molecule has 1 amide bonds. The van der Waals surface area contributed by atoms with Gasteiger partial charge >= 0.3 is 16.1 Å². The summed E-state index contributed by atoms with van der Waals surface area (Å²) in [4.78, 5) is 61.2. The maximum absolute atomic E-state index is 13.7. The predicted molar refractivity (Wildman–Crippen MR) is 172 cm³/mol. The summed E-state index contributed by atoms with van der Waals surface area (Å²) in [6.45, 7) is 11.1. The number of fused-ring (bicyclic) bond motifs is 2. The van der Waals surface area contributed by atoms with Gasteiger partial charge in [0.25, 0.3) is 5.56 Å². The van der Waals surface area contributed by atoms with Crippen LogP contribution in [-0.4, -0.2) is 93.5 Å². The zero-order valence-electron chi connectivity index (χ0n) is 27.1. The summed E-state index contributed by atoms with van der Waals surface area (Å²) in [5, 5.41) is 12.3. The van der Waals surface area contributed by atoms with Crippen LogP contribution in [0.15, 0.2) is 23.6 Å². The van der Waals surface area contributed by atoms with Crippen LogP contribution in [0.3, 0.4) is 0 Å². The van der Waals surface area contributed by atoms with E-state index in [9.17, 15) is 28.7 Å². The number of aryl methyl sites for hydroxylation is 1. The number of phosphoric acid groups is 1. The minimum atomic E-state index is -4.29. The van der Waals surface area contributed by atoms with Gasteiger partial charge in [-0.05, 0) is 6.42 Å². The van der Waals surface area contributed by atoms with Crippen molar-refractivity contribution in [1.82, 2.24) is 39.0 Å². The lowest BCUT2D eigenvalue weighted by atomic mass is 10.0. The lowest BCUT2D eigenvalue weighted by Gasteiger charge is -2.21. The van der Waals surface area contributed by atoms with E-state index in [1.807, 2.05) is 0 Å². The van der Waals surface area contributed by atoms with Crippen LogP contribution < -0.4 is 10.9 Å². The van der Waals surface area contributed by atoms with E-state index in [2.05, 4.69) is 40.1 Å². The molecule has 21 nitrogen and oxygen atoms in total. The van der Waals surface area contributed by atoms with Crippen LogP contribution in [0.4, 0.5) is 5.95 Å². The van der Waals surface area contributed by atoms with E-state index in [0.717, 1.165) is 0 Å². The zero-order chi connectivity index (χ0) is 36.0. The Labute approximate surface area is 284 Å². The molecule has 5 heterocycles. The van der Waals surface area contributed by atoms with Crippen molar-refractivity contribution in [2.45, 2.75) is 58.8 Å². The highest BCUT2D eigenvalue weighted by atomic mass is 31.2. The van der Waals surface area contributed by atoms with Gasteiger partial charge in [0.15, 0.2) is 29.1 Å². The second-order valence-corrected chi connectivity index (χ2v) is 13.7. The number of imidazole rings is 2. The first-order valence-corrected chi connectivity index (χ1v) is 17.9. The molecule has 0 spiro atoms. The number of hydrogen-bond acceptors (Lipinski definition) is 15. The first-order valence-electron chi connectivity index (χ1n) is 15.3. The number of nitrogens with zero attached hydrogens (tertiary/aromatic N) is 8. The number of H-pyrrole nitrogens is 1. The van der Waals surface area contributed by atoms with Crippen LogP contribution in [0.5, 0.6) is 0 Å². The molecule has 4 aromatic heterocycles. The maximum Gasteiger partial charge on any atom is 0.695 e. The van der Waals surface area contributed by atoms with E-state index in [-0.39, 0.29) is 56.4 Å². The molecule has 0 saturated carbocycles. The molecule has 23 heteroatoms. The number of carbonyl (C=O) groups is 1. The van der Waals surface area contributed by atoms with Crippen LogP contribution in [-0.2, 0) is 49.9 Å². The van der Waals surface area contributed by atoms with Gasteiger partial charge in [0.05, 0.1) is 31.8 Å². The number of rotatable bonds is 17. The molecule has 0 aliphatic carbocycles. The van der Waals surface area contributed by atoms with Crippen molar-refractivity contribution < 1.29 is 46.8 Å². The van der Waals surface area contributed by atoms with E-state index in [1.165, 1.54) is 23.4 Å². The number of ether oxygens (including phenoxy) is 1. The number of aliphatic hydroxyl groups is 1. The minimum Gasteiger partial charge on any atom is -0.388 e. The summed E-state index contributed by atoms with van der Waals surface area (Å²) in [5.74, 6) is -1.26. The average molecular weight is 738 g/mol. The lowest BCUT2D eigenvalue weighted by Crippen LogP contribution is -2.27. The average Bonchev–Trinajstić information content (AvgIpc) is 3.75. The Balaban J connectivity index is 1.31. The van der Waals surface area contributed by atoms with E-state index < -0.39 is 64.4 Å². The van der Waals surface area contributed by atoms with Crippen molar-refractivity contribution in [3.8, 4) is 0 Å². The standard InChI is InChI=1S/C27H34N10O11P2/c1-15(2)24(39)34-27-33-23-20(25(40)35-27)31-14-37(23)26-21(48-49(41)42)16(3)18(47-26)12-46-50(43,45-9-6-28-4)44-8-5-7-36-19(11-38)32-17-10-29-13-30-22(17)36/h10,13-16,18,21,26,38H,5-9,11-12H2,1-3H3,(H2-,33,34,35,39,40,41,42)/p+1/t16-,18-,21-,26-,50?/m1/s1. The van der Waals surface area contributed by atoms with Crippen LogP contribution >= 0.6 is 16.1 Å². The van der Waals surface area contributed by atoms with Crippen LogP contribution in [0.1, 0.15) is 39.2 Å². The van der Waals surface area contributed by atoms with Gasteiger partial charge in [0.1, 0.15) is 30.9 Å². The first kappa shape index (κ1) is 37.2. The summed E-state index contributed by atoms with van der Waals surface area (Å²) in [6.07, 6.45) is 1.18. The Morgan fingerprint density at radius 3 is 2.74 bits per heavy atom. The highest BCUT2D eigenvalue weighted by Crippen LogP contribution is 2.51. The monoisotopic (exact) mass is 737 g/mol. The van der Waals surface area contributed by atoms with E-state index in [0.29, 0.717) is 17.0 Å². The van der Waals surface area contributed by atoms with Gasteiger partial charge in [-0.15, -0.1) is 9.42 Å². The van der Waals surface area contributed by atoms with Gasteiger partial charge in [0, 0.05) is 22.9 Å². The Bertz CT molecular complexity index is 1990. The molecule has 0 aromatic carbocycles. The predicted octanol–water partition coefficient (Wildman–Crippen LogP) is 2.08. The summed E-state index contributed by atoms with van der Waals surface area (Å²) in [7, 11) is -7.42. The Morgan fingerprint density at radius 1 is 1.24 bits per heavy atom. The molecule has 2 unspecified atom stereocenters. The van der Waals surface area contributed by atoms with Crippen molar-refractivity contribution in [1.29, 1.82) is 0 Å². The van der Waals surface area contributed by atoms with Crippen LogP contribution in [0.25, 0.3) is 27.2 Å². The van der Waals surface area contributed by atoms with Gasteiger partial charge in [-0.1, -0.05) is 20.8 Å². The van der Waals surface area contributed by atoms with E-state index in [4.69, 9.17) is 29.4 Å². The number of aromatic nitrogens is 8. The number of aromatic amines is 1. The first-order chi connectivity index (χ1) is 23.9. The summed E-state index contributed by atoms with van der Waals surface area (Å²) >= 11 is 0. The molecule has 1 aliphatic heterocycles. The Hall–Kier alpha value is -4.09. The van der Waals surface area contributed by atoms with Crippen molar-refractivity contribution in [3.05, 3.63) is 46.4 Å². The molecule has 0 bridgehead atoms. The molecule has 1 fully saturated rings. The molecule has 268 valence electrons. The van der Waals surface area contributed by atoms with Crippen LogP contribution in [0.2, 0.25) is 0 Å². The smallest absolute Gasteiger partial charge is 0.388 e. The molecular weight excluding hydrogens is 702 g/mol. The molecule has 1 saturated heterocycles. The third kappa shape index (κ3) is 8.43. The maximum atomic E-state index is 13.7. The molecule has 1 aliphatic rings. The van der Waals surface area contributed by atoms with Crippen molar-refractivity contribution in [2.75, 3.05) is 31.7 Å². The number of aliphatic hydroxyl groups excluding tert-OH is 1. The number of carbonyl (C=O) groups excluding carboxylic acids is 1. The van der Waals surface area contributed by atoms with E-state index >= 15 is 0 Å². The summed E-state index contributed by atoms with van der Waals surface area (Å²) < 4.78 is 56.7. The molecular formula is C27H35N10O11P2+. The highest BCUT2D eigenvalue weighted by molar-refractivity contribution is 7.48. The van der Waals surface area contributed by atoms with Crippen molar-refractivity contribution in [2.24, 2.45) is 11.8 Å². The number of nitrogens with one attached hydrogen (secondary N) is 2. The van der Waals surface area contributed by atoms with E-state index in [1.54, 1.807) is 25.3 Å². The summed E-state index contributed by atoms with van der Waals surface area (Å²) in [6, 6.07) is 0. The van der Waals surface area contributed by atoms with Gasteiger partial charge in [0.2, 0.25) is 18.4 Å². The number of amides is 1. The zero-order valence-corrected chi connectivity index (χ0v) is 28.9. The van der Waals surface area contributed by atoms with Gasteiger partial charge in [-0.2, -0.15) is 4.98 Å². The second-order valence-electron chi connectivity index (χ2n) is 11.3. The SMILES string of the molecule is [C-]#[N+]CCOP(=O)(OCCCn1c(CO)nc2cncnc21)OC[C@H]1O[C@@H](n2cnc3c(=O)[nH]c(NC(=O)C(C)C)nc32)[C@H](O[P+](=O)O)[C@@H]1C. The lowest BCUT2D eigenvalue weighted by molar-refractivity contribution is -0.118. The van der Waals surface area contributed by atoms with Crippen molar-refractivity contribution >= 4 is 50.3 Å². The Kier molecular flexibility index (Phi) is 12.1. The van der Waals surface area contributed by atoms with Gasteiger partial charge in [-0.3, -0.25) is 38.0 Å². The fourth-order valence-corrected chi connectivity index (χ4v) is 6.82. The number of phosphoric ester groups is 1. The quantitative estimate of drug-likeness (QED) is 0.0687. The fraction of sp³-hybridized carbons (Fsp3) is 0.556. The summed E-state index contributed by atoms with van der Waals surface area (Å²) in [5.41, 5.74) is 0.245. The number of anilines is 1. The van der Waals surface area contributed by atoms with Gasteiger partial charge < -0.3 is 19.3 Å². The third-order valence-electron chi connectivity index (χ3n) is 7.64. The van der Waals surface area contributed by atoms with Crippen molar-refractivity contribution in [3.63, 3.8) is 0 Å². The molecule has 6 atom stereocenters. The molecule has 0 radical (unpaired) electrons. The molecule has 5 rings (SSSR count). The molecule has 50 heavy (non-hydrogen) atoms. The highest BCUT2D eigenvalue weighted by Gasteiger charge is 2.50. The number of hydrogen-bond donors (Lipinski definition) is 4.